The second-order valence-corrected chi connectivity index (χ2v) is 28.2. The zero-order valence-corrected chi connectivity index (χ0v) is 63.1. The number of rotatable bonds is 27. The van der Waals surface area contributed by atoms with Gasteiger partial charge in [0.15, 0.2) is 40.8 Å². The van der Waals surface area contributed by atoms with Crippen LogP contribution < -0.4 is 14.2 Å². The van der Waals surface area contributed by atoms with E-state index in [0.717, 1.165) is 59.5 Å². The summed E-state index contributed by atoms with van der Waals surface area (Å²) in [5, 5.41) is 12.6. The number of para-hydroxylation sites is 3. The Labute approximate surface area is 644 Å². The quantitative estimate of drug-likeness (QED) is 0.0292. The van der Waals surface area contributed by atoms with E-state index >= 15 is 13.2 Å². The van der Waals surface area contributed by atoms with Crippen LogP contribution in [0.5, 0.6) is 34.5 Å². The molecule has 109 heavy (non-hydrogen) atoms. The largest absolute Gasteiger partial charge is 0.467 e. The van der Waals surface area contributed by atoms with Crippen molar-refractivity contribution in [3.8, 4) is 34.5 Å². The van der Waals surface area contributed by atoms with Crippen molar-refractivity contribution in [2.45, 2.75) is 132 Å². The van der Waals surface area contributed by atoms with Crippen LogP contribution in [0.4, 0.5) is 26.3 Å². The topological polar surface area (TPSA) is 179 Å². The third-order valence-electron chi connectivity index (χ3n) is 18.9. The number of aryl methyl sites for hydroxylation is 1. The minimum absolute atomic E-state index is 0.00159. The van der Waals surface area contributed by atoms with Gasteiger partial charge in [0.25, 0.3) is 5.67 Å². The molecule has 4 unspecified atom stereocenters. The van der Waals surface area contributed by atoms with Gasteiger partial charge in [-0.05, 0) is 213 Å². The summed E-state index contributed by atoms with van der Waals surface area (Å²) in [4.78, 5) is 61.5. The molecule has 3 fully saturated rings. The lowest BCUT2D eigenvalue weighted by Crippen LogP contribution is -2.54. The van der Waals surface area contributed by atoms with Crippen LogP contribution in [0.15, 0.2) is 218 Å². The van der Waals surface area contributed by atoms with Gasteiger partial charge in [0, 0.05) is 59.5 Å². The van der Waals surface area contributed by atoms with E-state index in [1.165, 1.54) is 56.3 Å². The molecule has 3 aliphatic rings. The van der Waals surface area contributed by atoms with Crippen molar-refractivity contribution in [1.29, 1.82) is 0 Å². The number of esters is 5. The number of halogens is 9. The molecule has 23 heteroatoms. The van der Waals surface area contributed by atoms with E-state index < -0.39 is 94.6 Å². The lowest BCUT2D eigenvalue weighted by Gasteiger charge is -2.37. The predicted molar refractivity (Wildman–Crippen MR) is 402 cm³/mol. The fraction of sp³-hybridized carbons (Fsp3) is 0.314. The van der Waals surface area contributed by atoms with E-state index in [1.54, 1.807) is 158 Å². The van der Waals surface area contributed by atoms with Crippen LogP contribution >= 0.6 is 34.8 Å². The van der Waals surface area contributed by atoms with Gasteiger partial charge in [-0.3, -0.25) is 9.59 Å². The summed E-state index contributed by atoms with van der Waals surface area (Å²) in [5.41, 5.74) is -4.33. The maximum atomic E-state index is 17.3. The molecule has 1 N–H and O–H groups in total. The van der Waals surface area contributed by atoms with Gasteiger partial charge in [-0.25, -0.2) is 40.7 Å². The van der Waals surface area contributed by atoms with E-state index in [4.69, 9.17) is 72.7 Å². The zero-order valence-electron chi connectivity index (χ0n) is 60.8. The molecular formula is C86H83Cl3F6O14. The van der Waals surface area contributed by atoms with E-state index in [1.807, 2.05) is 25.1 Å². The fourth-order valence-corrected chi connectivity index (χ4v) is 13.6. The molecule has 0 amide bonds. The zero-order chi connectivity index (χ0) is 78.7. The second kappa shape index (κ2) is 38.0. The molecule has 14 nitrogen and oxygen atoms in total. The number of benzene rings is 9. The number of methoxy groups -OCH3 is 3. The normalized spacial score (nSPS) is 16.2. The molecule has 3 aliphatic carbocycles. The summed E-state index contributed by atoms with van der Waals surface area (Å²) in [6.07, 6.45) is -0.517. The maximum Gasteiger partial charge on any atom is 0.348 e. The lowest BCUT2D eigenvalue weighted by atomic mass is 9.75. The number of alkyl halides is 3. The van der Waals surface area contributed by atoms with Gasteiger partial charge in [-0.2, -0.15) is 0 Å². The molecular weight excluding hydrogens is 1480 g/mol. The molecule has 0 aliphatic heterocycles. The molecule has 9 atom stereocenters. The van der Waals surface area contributed by atoms with E-state index in [2.05, 4.69) is 0 Å². The highest BCUT2D eigenvalue weighted by Gasteiger charge is 2.62. The van der Waals surface area contributed by atoms with Crippen LogP contribution in [0.3, 0.4) is 0 Å². The van der Waals surface area contributed by atoms with Crippen LogP contribution in [-0.2, 0) is 60.5 Å². The number of carbonyl (C=O) groups is 5. The van der Waals surface area contributed by atoms with Gasteiger partial charge in [-0.15, -0.1) is 0 Å². The monoisotopic (exact) mass is 1560 g/mol. The molecule has 12 rings (SSSR count). The minimum Gasteiger partial charge on any atom is -0.467 e. The standard InChI is InChI=1S/C29H27ClF2O5.C27H25ClF2O4.C17H20ClFO4.C13H11FO/c1-18(33)36-26(17-19-8-15-24(31)25(16-19)37-23-6-4-3-5-7-23)29(32,28(34)35-2)27(20-9-10-20)21-11-13-22(30)14-12-21;1-33-26(32)27(30,25(18-8-9-18)19-10-12-20(28)13-11-19)24(31)16-17-7-14-22(29)23(15-17)34-21-5-3-2-4-6-21;1-10(23-11(2)20)17(19,16(21)22-3)15(12-4-5-12)13-6-8-14(18)9-7-13;1-10-7-8-12(14)13(9-10)15-11-5-3-2-4-6-11/h3-8,11-16,20,26-27H,9-10,17H2,1-2H3;2-7,10-15,18,24-25,31H,8-9,16H2,1H3;6-10,12,15H,4-5H2,1-3H3;2-9H,1H3/t26-,27-,29+;24?,25-,27?;10?,15-,17?;/m111./s1. The molecule has 0 saturated heterocycles. The summed E-state index contributed by atoms with van der Waals surface area (Å²) < 4.78 is 134. The number of ether oxygens (including phenoxy) is 8. The molecule has 0 heterocycles. The van der Waals surface area contributed by atoms with Crippen molar-refractivity contribution < 1.29 is 93.3 Å². The van der Waals surface area contributed by atoms with Gasteiger partial charge in [-0.1, -0.05) is 144 Å². The molecule has 9 aromatic rings. The third kappa shape index (κ3) is 21.8. The second-order valence-electron chi connectivity index (χ2n) is 26.9. The van der Waals surface area contributed by atoms with E-state index in [9.17, 15) is 42.3 Å². The first kappa shape index (κ1) is 83.2. The Hall–Kier alpha value is -9.86. The summed E-state index contributed by atoms with van der Waals surface area (Å²) in [6, 6.07) is 59.2. The van der Waals surface area contributed by atoms with Gasteiger partial charge >= 0.3 is 29.8 Å². The number of aliphatic hydroxyl groups excluding tert-OH is 1. The van der Waals surface area contributed by atoms with E-state index in [0.29, 0.717) is 73.0 Å². The molecule has 9 aromatic carbocycles. The van der Waals surface area contributed by atoms with Gasteiger partial charge in [0.2, 0.25) is 11.3 Å². The number of carbonyl (C=O) groups excluding carboxylic acids is 5. The Morgan fingerprint density at radius 1 is 0.422 bits per heavy atom. The highest BCUT2D eigenvalue weighted by atomic mass is 35.5. The van der Waals surface area contributed by atoms with Crippen LogP contribution in [0.25, 0.3) is 0 Å². The van der Waals surface area contributed by atoms with Crippen LogP contribution in [0.1, 0.15) is 110 Å². The first-order chi connectivity index (χ1) is 52.1. The number of aliphatic hydroxyl groups is 1. The van der Waals surface area contributed by atoms with Crippen molar-refractivity contribution in [3.63, 3.8) is 0 Å². The molecule has 0 radical (unpaired) electrons. The predicted octanol–water partition coefficient (Wildman–Crippen LogP) is 20.7. The van der Waals surface area contributed by atoms with Crippen molar-refractivity contribution in [3.05, 3.63) is 284 Å². The van der Waals surface area contributed by atoms with Crippen molar-refractivity contribution in [2.24, 2.45) is 17.8 Å². The average molecular weight is 1560 g/mol. The molecule has 0 bridgehead atoms. The van der Waals surface area contributed by atoms with Gasteiger partial charge in [0.05, 0.1) is 21.3 Å². The average Bonchev–Trinajstić information content (AvgIpc) is 1.68. The number of hydrogen-bond acceptors (Lipinski definition) is 14. The smallest absolute Gasteiger partial charge is 0.348 e. The van der Waals surface area contributed by atoms with Gasteiger partial charge < -0.3 is 43.0 Å². The lowest BCUT2D eigenvalue weighted by molar-refractivity contribution is -0.177. The van der Waals surface area contributed by atoms with Crippen LogP contribution in [0, 0.1) is 42.1 Å². The fourth-order valence-electron chi connectivity index (χ4n) is 13.3. The first-order valence-corrected chi connectivity index (χ1v) is 36.4. The van der Waals surface area contributed by atoms with Gasteiger partial charge in [0.1, 0.15) is 29.5 Å². The molecule has 3 saturated carbocycles. The Kier molecular flexibility index (Phi) is 29.0. The number of hydrogen-bond donors (Lipinski definition) is 1. The first-order valence-electron chi connectivity index (χ1n) is 35.2. The maximum absolute atomic E-state index is 17.3. The Balaban J connectivity index is 0.000000175. The van der Waals surface area contributed by atoms with Crippen molar-refractivity contribution in [1.82, 2.24) is 0 Å². The highest BCUT2D eigenvalue weighted by Crippen LogP contribution is 2.55. The summed E-state index contributed by atoms with van der Waals surface area (Å²) in [6.45, 7) is 5.61. The third-order valence-corrected chi connectivity index (χ3v) is 19.6. The highest BCUT2D eigenvalue weighted by molar-refractivity contribution is 6.31. The van der Waals surface area contributed by atoms with Crippen molar-refractivity contribution in [2.75, 3.05) is 21.3 Å². The van der Waals surface area contributed by atoms with Crippen molar-refractivity contribution >= 4 is 64.6 Å². The van der Waals surface area contributed by atoms with E-state index in [-0.39, 0.29) is 53.7 Å². The summed E-state index contributed by atoms with van der Waals surface area (Å²) in [5.74, 6) is -7.54. The summed E-state index contributed by atoms with van der Waals surface area (Å²) in [7, 11) is 3.32. The Morgan fingerprint density at radius 2 is 0.734 bits per heavy atom. The molecule has 574 valence electrons. The SMILES string of the molecule is COC(=O)C(F)(C(C)OC(C)=O)[C@@H](c1ccc(Cl)cc1)C1CC1.COC(=O)C(F)(C(O)Cc1ccc(F)c(Oc2ccccc2)c1)[C@@H](c1ccc(Cl)cc1)C1CC1.COC(=O)[C@](F)([C@@H](Cc1ccc(F)c(Oc2ccccc2)c1)OC(C)=O)[C@@H](c1ccc(Cl)cc1)C1CC1.Cc1ccc(F)c(Oc2ccccc2)c1. The van der Waals surface area contributed by atoms with Crippen LogP contribution in [0.2, 0.25) is 15.1 Å². The molecule has 0 spiro atoms. The molecule has 0 aromatic heterocycles. The summed E-state index contributed by atoms with van der Waals surface area (Å²) >= 11 is 17.9. The Morgan fingerprint density at radius 3 is 1.08 bits per heavy atom. The Bertz CT molecular complexity index is 4520. The van der Waals surface area contributed by atoms with Crippen LogP contribution in [-0.4, -0.2) is 91.6 Å². The minimum atomic E-state index is -2.72.